The second-order valence-electron chi connectivity index (χ2n) is 4.49. The largest absolute Gasteiger partial charge is 0.393 e. The molecule has 5 nitrogen and oxygen atoms in total. The monoisotopic (exact) mass is 226 g/mol. The average Bonchev–Trinajstić information content (AvgIpc) is 2.30. The van der Waals surface area contributed by atoms with Gasteiger partial charge in [0.25, 0.3) is 0 Å². The van der Waals surface area contributed by atoms with Gasteiger partial charge in [0.2, 0.25) is 0 Å². The highest BCUT2D eigenvalue weighted by molar-refractivity contribution is 4.80. The van der Waals surface area contributed by atoms with Crippen molar-refractivity contribution in [2.24, 2.45) is 5.11 Å². The van der Waals surface area contributed by atoms with E-state index in [1.54, 1.807) is 0 Å². The first-order chi connectivity index (χ1) is 7.77. The molecule has 1 aliphatic rings. The Morgan fingerprint density at radius 3 is 2.62 bits per heavy atom. The van der Waals surface area contributed by atoms with Crippen LogP contribution in [0.2, 0.25) is 0 Å². The van der Waals surface area contributed by atoms with Crippen LogP contribution in [0.4, 0.5) is 0 Å². The second-order valence-corrected chi connectivity index (χ2v) is 4.49. The van der Waals surface area contributed by atoms with Crippen LogP contribution in [0, 0.1) is 0 Å². The van der Waals surface area contributed by atoms with Crippen LogP contribution in [-0.4, -0.2) is 41.8 Å². The van der Waals surface area contributed by atoms with Gasteiger partial charge in [-0.05, 0) is 37.9 Å². The molecule has 5 heteroatoms. The summed E-state index contributed by atoms with van der Waals surface area (Å²) < 4.78 is 0. The molecule has 0 aromatic heterocycles. The minimum absolute atomic E-state index is 0.289. The summed E-state index contributed by atoms with van der Waals surface area (Å²) in [5, 5.41) is 13.6. The van der Waals surface area contributed by atoms with Crippen molar-refractivity contribution in [1.29, 1.82) is 0 Å². The molecular weight excluding hydrogens is 204 g/mol. The van der Waals surface area contributed by atoms with Gasteiger partial charge in [0.05, 0.1) is 12.1 Å². The number of aliphatic hydroxyl groups excluding tert-OH is 1. The summed E-state index contributed by atoms with van der Waals surface area (Å²) >= 11 is 0. The molecule has 16 heavy (non-hydrogen) atoms. The van der Waals surface area contributed by atoms with Crippen molar-refractivity contribution >= 4 is 0 Å². The maximum atomic E-state index is 9.88. The molecule has 0 amide bonds. The highest BCUT2D eigenvalue weighted by Crippen LogP contribution is 2.13. The summed E-state index contributed by atoms with van der Waals surface area (Å²) in [6.07, 6.45) is 4.85. The maximum absolute atomic E-state index is 9.88. The fraction of sp³-hybridized carbons (Fsp3) is 1.00. The van der Waals surface area contributed by atoms with E-state index < -0.39 is 6.10 Å². The Morgan fingerprint density at radius 2 is 2.06 bits per heavy atom. The van der Waals surface area contributed by atoms with Crippen LogP contribution in [0.25, 0.3) is 10.4 Å². The number of hydrogen-bond acceptors (Lipinski definition) is 3. The molecule has 0 spiro atoms. The first-order valence-electron chi connectivity index (χ1n) is 6.22. The zero-order chi connectivity index (χ0) is 11.8. The molecule has 0 aliphatic carbocycles. The van der Waals surface area contributed by atoms with Gasteiger partial charge < -0.3 is 10.0 Å². The molecule has 92 valence electrons. The molecule has 1 rings (SSSR count). The van der Waals surface area contributed by atoms with Gasteiger partial charge in [-0.3, -0.25) is 0 Å². The van der Waals surface area contributed by atoms with E-state index >= 15 is 0 Å². The first-order valence-corrected chi connectivity index (χ1v) is 6.22. The smallest absolute Gasteiger partial charge is 0.0760 e. The van der Waals surface area contributed by atoms with Crippen LogP contribution in [-0.2, 0) is 0 Å². The fourth-order valence-electron chi connectivity index (χ4n) is 2.20. The standard InChI is InChI=1S/C11H22N4O/c1-2-6-11(16)10(13-14-12)9-15-7-4-3-5-8-15/h10-11,16H,2-9H2,1H3/t10-,11+/m1/s1. The number of hydrogen-bond donors (Lipinski definition) is 1. The summed E-state index contributed by atoms with van der Waals surface area (Å²) in [5.74, 6) is 0. The zero-order valence-corrected chi connectivity index (χ0v) is 10.0. The van der Waals surface area contributed by atoms with E-state index in [4.69, 9.17) is 5.53 Å². The molecule has 0 saturated carbocycles. The Labute approximate surface area is 97.1 Å². The van der Waals surface area contributed by atoms with Crippen molar-refractivity contribution in [3.63, 3.8) is 0 Å². The van der Waals surface area contributed by atoms with E-state index in [0.29, 0.717) is 13.0 Å². The van der Waals surface area contributed by atoms with Gasteiger partial charge >= 0.3 is 0 Å². The van der Waals surface area contributed by atoms with E-state index in [2.05, 4.69) is 14.9 Å². The number of likely N-dealkylation sites (tertiary alicyclic amines) is 1. The lowest BCUT2D eigenvalue weighted by molar-refractivity contribution is 0.104. The molecule has 0 unspecified atom stereocenters. The molecule has 2 atom stereocenters. The summed E-state index contributed by atoms with van der Waals surface area (Å²) in [7, 11) is 0. The van der Waals surface area contributed by atoms with Crippen molar-refractivity contribution in [2.45, 2.75) is 51.2 Å². The predicted octanol–water partition coefficient (Wildman–Crippen LogP) is 2.31. The molecule has 1 aliphatic heterocycles. The van der Waals surface area contributed by atoms with Crippen LogP contribution >= 0.6 is 0 Å². The molecule has 1 N–H and O–H groups in total. The lowest BCUT2D eigenvalue weighted by atomic mass is 10.0. The van der Waals surface area contributed by atoms with Crippen LogP contribution in [0.5, 0.6) is 0 Å². The summed E-state index contributed by atoms with van der Waals surface area (Å²) in [6.45, 7) is 4.86. The molecular formula is C11H22N4O. The minimum atomic E-state index is -0.497. The molecule has 0 radical (unpaired) electrons. The van der Waals surface area contributed by atoms with E-state index in [1.165, 1.54) is 19.3 Å². The Balaban J connectivity index is 2.45. The third-order valence-electron chi connectivity index (χ3n) is 3.12. The first kappa shape index (κ1) is 13.3. The molecule has 0 aromatic carbocycles. The number of azide groups is 1. The van der Waals surface area contributed by atoms with Gasteiger partial charge in [0, 0.05) is 11.5 Å². The molecule has 0 aromatic rings. The van der Waals surface area contributed by atoms with Crippen LogP contribution in [0.3, 0.4) is 0 Å². The van der Waals surface area contributed by atoms with E-state index in [0.717, 1.165) is 19.5 Å². The third-order valence-corrected chi connectivity index (χ3v) is 3.12. The van der Waals surface area contributed by atoms with Gasteiger partial charge in [0.1, 0.15) is 0 Å². The number of piperidine rings is 1. The Morgan fingerprint density at radius 1 is 1.38 bits per heavy atom. The second kappa shape index (κ2) is 7.49. The van der Waals surface area contributed by atoms with Gasteiger partial charge in [-0.25, -0.2) is 0 Å². The lowest BCUT2D eigenvalue weighted by Crippen LogP contribution is -2.40. The number of rotatable bonds is 6. The van der Waals surface area contributed by atoms with Crippen LogP contribution < -0.4 is 0 Å². The Bertz CT molecular complexity index is 234. The van der Waals surface area contributed by atoms with Gasteiger partial charge in [-0.2, -0.15) is 0 Å². The van der Waals surface area contributed by atoms with Crippen molar-refractivity contribution in [2.75, 3.05) is 19.6 Å². The maximum Gasteiger partial charge on any atom is 0.0760 e. The lowest BCUT2D eigenvalue weighted by Gasteiger charge is -2.30. The van der Waals surface area contributed by atoms with Crippen LogP contribution in [0.15, 0.2) is 5.11 Å². The zero-order valence-electron chi connectivity index (χ0n) is 10.0. The molecule has 1 fully saturated rings. The van der Waals surface area contributed by atoms with Crippen molar-refractivity contribution in [3.8, 4) is 0 Å². The number of nitrogens with zero attached hydrogens (tertiary/aromatic N) is 4. The van der Waals surface area contributed by atoms with E-state index in [9.17, 15) is 5.11 Å². The topological polar surface area (TPSA) is 72.2 Å². The van der Waals surface area contributed by atoms with Gasteiger partial charge in [-0.1, -0.05) is 24.9 Å². The highest BCUT2D eigenvalue weighted by Gasteiger charge is 2.21. The average molecular weight is 226 g/mol. The fourth-order valence-corrected chi connectivity index (χ4v) is 2.20. The molecule has 1 heterocycles. The number of aliphatic hydroxyl groups is 1. The van der Waals surface area contributed by atoms with E-state index in [-0.39, 0.29) is 6.04 Å². The SMILES string of the molecule is CCC[C@H](O)[C@@H](CN1CCCCC1)N=[N+]=[N-]. The predicted molar refractivity (Wildman–Crippen MR) is 64.1 cm³/mol. The minimum Gasteiger partial charge on any atom is -0.393 e. The van der Waals surface area contributed by atoms with Crippen LogP contribution in [0.1, 0.15) is 39.0 Å². The van der Waals surface area contributed by atoms with Crippen molar-refractivity contribution < 1.29 is 5.11 Å². The Kier molecular flexibility index (Phi) is 6.23. The third kappa shape index (κ3) is 4.39. The quantitative estimate of drug-likeness (QED) is 0.429. The van der Waals surface area contributed by atoms with Gasteiger partial charge in [0.15, 0.2) is 0 Å². The van der Waals surface area contributed by atoms with Gasteiger partial charge in [-0.15, -0.1) is 0 Å². The molecule has 0 bridgehead atoms. The highest BCUT2D eigenvalue weighted by atomic mass is 16.3. The van der Waals surface area contributed by atoms with Crippen molar-refractivity contribution in [1.82, 2.24) is 4.90 Å². The van der Waals surface area contributed by atoms with Crippen molar-refractivity contribution in [3.05, 3.63) is 10.4 Å². The summed E-state index contributed by atoms with van der Waals surface area (Å²) in [6, 6.07) is -0.289. The molecule has 1 saturated heterocycles. The van der Waals surface area contributed by atoms with E-state index in [1.807, 2.05) is 6.92 Å². The Hall–Kier alpha value is -0.770. The summed E-state index contributed by atoms with van der Waals surface area (Å²) in [5.41, 5.74) is 8.51. The summed E-state index contributed by atoms with van der Waals surface area (Å²) in [4.78, 5) is 5.14. The normalized spacial score (nSPS) is 21.1.